The summed E-state index contributed by atoms with van der Waals surface area (Å²) in [7, 11) is 0. The van der Waals surface area contributed by atoms with Gasteiger partial charge in [0.1, 0.15) is 0 Å². The zero-order chi connectivity index (χ0) is 10.5. The van der Waals surface area contributed by atoms with Crippen LogP contribution in [0.4, 0.5) is 0 Å². The van der Waals surface area contributed by atoms with Crippen molar-refractivity contribution in [3.63, 3.8) is 0 Å². The van der Waals surface area contributed by atoms with E-state index in [0.29, 0.717) is 6.54 Å². The van der Waals surface area contributed by atoms with Crippen molar-refractivity contribution in [2.75, 3.05) is 32.7 Å². The van der Waals surface area contributed by atoms with Gasteiger partial charge >= 0.3 is 0 Å². The molecule has 1 saturated heterocycles. The average Bonchev–Trinajstić information content (AvgIpc) is 2.74. The van der Waals surface area contributed by atoms with E-state index in [2.05, 4.69) is 15.9 Å². The van der Waals surface area contributed by atoms with Gasteiger partial charge in [0.15, 0.2) is 0 Å². The van der Waals surface area contributed by atoms with Gasteiger partial charge in [0.2, 0.25) is 0 Å². The molecule has 1 fully saturated rings. The number of hydrogen-bond acceptors (Lipinski definition) is 4. The molecule has 0 unspecified atom stereocenters. The van der Waals surface area contributed by atoms with Crippen LogP contribution in [0.15, 0.2) is 23.0 Å². The van der Waals surface area contributed by atoms with Crippen LogP contribution in [0.5, 0.6) is 0 Å². The molecule has 0 aliphatic carbocycles. The molecule has 1 aliphatic heterocycles. The standard InChI is InChI=1S/C11H15N3O/c12-2-3-13-4-6-14(7-5-13)9-11-1-8-15-10-11/h1,8,10H,3-7,9H2. The third kappa shape index (κ3) is 2.82. The summed E-state index contributed by atoms with van der Waals surface area (Å²) in [6.07, 6.45) is 3.50. The smallest absolute Gasteiger partial charge is 0.0947 e. The van der Waals surface area contributed by atoms with Gasteiger partial charge in [-0.05, 0) is 6.07 Å². The number of nitrogens with zero attached hydrogens (tertiary/aromatic N) is 3. The maximum atomic E-state index is 8.57. The van der Waals surface area contributed by atoms with Crippen molar-refractivity contribution in [3.05, 3.63) is 24.2 Å². The Labute approximate surface area is 89.7 Å². The zero-order valence-corrected chi connectivity index (χ0v) is 8.72. The normalized spacial score (nSPS) is 18.9. The second kappa shape index (κ2) is 4.96. The van der Waals surface area contributed by atoms with E-state index in [4.69, 9.17) is 9.68 Å². The number of piperazine rings is 1. The molecule has 4 heteroatoms. The van der Waals surface area contributed by atoms with Crippen LogP contribution >= 0.6 is 0 Å². The summed E-state index contributed by atoms with van der Waals surface area (Å²) in [5.41, 5.74) is 1.23. The molecule has 0 atom stereocenters. The van der Waals surface area contributed by atoms with E-state index < -0.39 is 0 Å². The lowest BCUT2D eigenvalue weighted by Gasteiger charge is -2.32. The topological polar surface area (TPSA) is 43.4 Å². The maximum Gasteiger partial charge on any atom is 0.0947 e. The first kappa shape index (κ1) is 10.2. The molecule has 15 heavy (non-hydrogen) atoms. The van der Waals surface area contributed by atoms with Gasteiger partial charge in [-0.3, -0.25) is 9.80 Å². The van der Waals surface area contributed by atoms with E-state index in [1.54, 1.807) is 12.5 Å². The van der Waals surface area contributed by atoms with E-state index in [0.717, 1.165) is 32.7 Å². The Balaban J connectivity index is 1.77. The summed E-state index contributed by atoms with van der Waals surface area (Å²) in [4.78, 5) is 4.57. The maximum absolute atomic E-state index is 8.57. The highest BCUT2D eigenvalue weighted by Crippen LogP contribution is 2.08. The zero-order valence-electron chi connectivity index (χ0n) is 8.72. The quantitative estimate of drug-likeness (QED) is 0.688. The van der Waals surface area contributed by atoms with Gasteiger partial charge in [-0.25, -0.2) is 0 Å². The fourth-order valence-corrected chi connectivity index (χ4v) is 1.85. The highest BCUT2D eigenvalue weighted by atomic mass is 16.3. The molecule has 0 spiro atoms. The fraction of sp³-hybridized carbons (Fsp3) is 0.545. The molecule has 0 amide bonds. The Morgan fingerprint density at radius 2 is 2.00 bits per heavy atom. The Kier molecular flexibility index (Phi) is 3.38. The predicted molar refractivity (Wildman–Crippen MR) is 56.0 cm³/mol. The van der Waals surface area contributed by atoms with Crippen molar-refractivity contribution >= 4 is 0 Å². The lowest BCUT2D eigenvalue weighted by atomic mass is 10.2. The lowest BCUT2D eigenvalue weighted by molar-refractivity contribution is 0.138. The molecule has 0 N–H and O–H groups in total. The Morgan fingerprint density at radius 1 is 1.27 bits per heavy atom. The molecule has 0 aromatic carbocycles. The van der Waals surface area contributed by atoms with Crippen molar-refractivity contribution in [2.45, 2.75) is 6.54 Å². The fourth-order valence-electron chi connectivity index (χ4n) is 1.85. The molecule has 80 valence electrons. The van der Waals surface area contributed by atoms with Crippen molar-refractivity contribution in [1.82, 2.24) is 9.80 Å². The van der Waals surface area contributed by atoms with E-state index in [1.807, 2.05) is 6.07 Å². The van der Waals surface area contributed by atoms with Crippen LogP contribution in [0.1, 0.15) is 5.56 Å². The van der Waals surface area contributed by atoms with Crippen LogP contribution in [-0.2, 0) is 6.54 Å². The summed E-state index contributed by atoms with van der Waals surface area (Å²) in [5, 5.41) is 8.57. The lowest BCUT2D eigenvalue weighted by Crippen LogP contribution is -2.45. The number of furan rings is 1. The van der Waals surface area contributed by atoms with E-state index in [9.17, 15) is 0 Å². The van der Waals surface area contributed by atoms with Crippen LogP contribution in [0, 0.1) is 11.3 Å². The van der Waals surface area contributed by atoms with Crippen molar-refractivity contribution in [1.29, 1.82) is 5.26 Å². The molecule has 0 radical (unpaired) electrons. The van der Waals surface area contributed by atoms with Crippen LogP contribution in [-0.4, -0.2) is 42.5 Å². The van der Waals surface area contributed by atoms with Crippen LogP contribution in [0.25, 0.3) is 0 Å². The summed E-state index contributed by atoms with van der Waals surface area (Å²) in [6.45, 7) is 5.56. The minimum Gasteiger partial charge on any atom is -0.472 e. The molecule has 2 heterocycles. The number of rotatable bonds is 3. The number of hydrogen-bond donors (Lipinski definition) is 0. The molecule has 1 aromatic heterocycles. The van der Waals surface area contributed by atoms with Gasteiger partial charge in [0, 0.05) is 38.3 Å². The van der Waals surface area contributed by atoms with Crippen molar-refractivity contribution in [3.8, 4) is 6.07 Å². The molecule has 1 aliphatic rings. The van der Waals surface area contributed by atoms with Crippen LogP contribution in [0.2, 0.25) is 0 Å². The highest BCUT2D eigenvalue weighted by Gasteiger charge is 2.16. The SMILES string of the molecule is N#CCN1CCN(Cc2ccoc2)CC1. The third-order valence-corrected chi connectivity index (χ3v) is 2.75. The monoisotopic (exact) mass is 205 g/mol. The van der Waals surface area contributed by atoms with Gasteiger partial charge in [-0.1, -0.05) is 0 Å². The van der Waals surface area contributed by atoms with Gasteiger partial charge in [-0.15, -0.1) is 0 Å². The number of nitriles is 1. The minimum atomic E-state index is 0.555. The van der Waals surface area contributed by atoms with Crippen LogP contribution in [0.3, 0.4) is 0 Å². The summed E-state index contributed by atoms with van der Waals surface area (Å²) in [5.74, 6) is 0. The predicted octanol–water partition coefficient (Wildman–Crippen LogP) is 0.921. The van der Waals surface area contributed by atoms with Gasteiger partial charge in [0.25, 0.3) is 0 Å². The molecule has 1 aromatic rings. The summed E-state index contributed by atoms with van der Waals surface area (Å²) < 4.78 is 5.04. The van der Waals surface area contributed by atoms with E-state index in [1.165, 1.54) is 5.56 Å². The average molecular weight is 205 g/mol. The first-order valence-electron chi connectivity index (χ1n) is 5.21. The summed E-state index contributed by atoms with van der Waals surface area (Å²) in [6, 6.07) is 4.19. The van der Waals surface area contributed by atoms with E-state index >= 15 is 0 Å². The second-order valence-corrected chi connectivity index (χ2v) is 3.84. The molecular formula is C11H15N3O. The molecule has 0 bridgehead atoms. The molecule has 2 rings (SSSR count). The van der Waals surface area contributed by atoms with Crippen molar-refractivity contribution < 1.29 is 4.42 Å². The molecule has 4 nitrogen and oxygen atoms in total. The minimum absolute atomic E-state index is 0.555. The molecule has 0 saturated carbocycles. The first-order chi connectivity index (χ1) is 7.38. The van der Waals surface area contributed by atoms with Gasteiger partial charge < -0.3 is 4.42 Å². The summed E-state index contributed by atoms with van der Waals surface area (Å²) >= 11 is 0. The second-order valence-electron chi connectivity index (χ2n) is 3.84. The largest absolute Gasteiger partial charge is 0.472 e. The first-order valence-corrected chi connectivity index (χ1v) is 5.21. The third-order valence-electron chi connectivity index (χ3n) is 2.75. The Hall–Kier alpha value is -1.31. The van der Waals surface area contributed by atoms with Gasteiger partial charge in [0.05, 0.1) is 25.1 Å². The highest BCUT2D eigenvalue weighted by molar-refractivity contribution is 5.05. The van der Waals surface area contributed by atoms with Gasteiger partial charge in [-0.2, -0.15) is 5.26 Å². The van der Waals surface area contributed by atoms with Crippen LogP contribution < -0.4 is 0 Å². The van der Waals surface area contributed by atoms with E-state index in [-0.39, 0.29) is 0 Å². The Bertz CT molecular complexity index is 320. The molecular weight excluding hydrogens is 190 g/mol. The van der Waals surface area contributed by atoms with Crippen molar-refractivity contribution in [2.24, 2.45) is 0 Å². The Morgan fingerprint density at radius 3 is 2.60 bits per heavy atom.